The molecule has 0 radical (unpaired) electrons. The van der Waals surface area contributed by atoms with Gasteiger partial charge in [0.25, 0.3) is 5.91 Å². The fourth-order valence-electron chi connectivity index (χ4n) is 3.14. The van der Waals surface area contributed by atoms with Gasteiger partial charge in [0.1, 0.15) is 11.3 Å². The second kappa shape index (κ2) is 9.31. The van der Waals surface area contributed by atoms with Crippen LogP contribution < -0.4 is 10.1 Å². The molecule has 13 heteroatoms. The molecule has 3 aromatic rings. The number of aromatic nitrogens is 2. The number of amides is 1. The van der Waals surface area contributed by atoms with Gasteiger partial charge in [0.2, 0.25) is 5.88 Å². The third kappa shape index (κ3) is 5.73. The van der Waals surface area contributed by atoms with E-state index in [1.807, 2.05) is 0 Å². The van der Waals surface area contributed by atoms with Crippen LogP contribution in [0.5, 0.6) is 11.6 Å². The number of aryl methyl sites for hydroxylation is 1. The van der Waals surface area contributed by atoms with Crippen LogP contribution in [0.2, 0.25) is 0 Å². The Labute approximate surface area is 193 Å². The van der Waals surface area contributed by atoms with Crippen molar-refractivity contribution in [3.05, 3.63) is 76.5 Å². The van der Waals surface area contributed by atoms with Gasteiger partial charge in [-0.25, -0.2) is 9.48 Å². The molecule has 1 heterocycles. The van der Waals surface area contributed by atoms with Gasteiger partial charge in [0.05, 0.1) is 17.2 Å². The number of carboxylic acids is 1. The molecule has 3 rings (SSSR count). The molecule has 0 spiro atoms. The van der Waals surface area contributed by atoms with Crippen molar-refractivity contribution in [3.8, 4) is 11.6 Å². The van der Waals surface area contributed by atoms with Crippen LogP contribution in [0.3, 0.4) is 0 Å². The number of rotatable bonds is 6. The molecule has 186 valence electrons. The Hall–Kier alpha value is -4.03. The lowest BCUT2D eigenvalue weighted by Gasteiger charge is -2.16. The Morgan fingerprint density at radius 3 is 2.20 bits per heavy atom. The SMILES string of the molecule is C[C@H](NC(=O)c1c(C(F)(F)F)nn(C)c1Oc1cccc(C(F)(F)F)c1)c1ccc(C(=O)O)cc1. The van der Waals surface area contributed by atoms with Crippen molar-refractivity contribution in [1.82, 2.24) is 15.1 Å². The van der Waals surface area contributed by atoms with E-state index in [-0.39, 0.29) is 5.56 Å². The highest BCUT2D eigenvalue weighted by molar-refractivity contribution is 5.98. The van der Waals surface area contributed by atoms with Crippen molar-refractivity contribution in [2.45, 2.75) is 25.3 Å². The molecular weight excluding hydrogens is 484 g/mol. The van der Waals surface area contributed by atoms with Crippen molar-refractivity contribution in [1.29, 1.82) is 0 Å². The summed E-state index contributed by atoms with van der Waals surface area (Å²) in [7, 11) is 1.04. The second-order valence-corrected chi connectivity index (χ2v) is 7.40. The molecule has 2 N–H and O–H groups in total. The van der Waals surface area contributed by atoms with Gasteiger partial charge < -0.3 is 15.2 Å². The van der Waals surface area contributed by atoms with Crippen LogP contribution in [0.15, 0.2) is 48.5 Å². The summed E-state index contributed by atoms with van der Waals surface area (Å²) in [4.78, 5) is 23.9. The van der Waals surface area contributed by atoms with Crippen LogP contribution in [-0.4, -0.2) is 26.8 Å². The number of hydrogen-bond acceptors (Lipinski definition) is 4. The van der Waals surface area contributed by atoms with Gasteiger partial charge in [-0.3, -0.25) is 4.79 Å². The van der Waals surface area contributed by atoms with Crippen LogP contribution >= 0.6 is 0 Å². The fourth-order valence-corrected chi connectivity index (χ4v) is 3.14. The molecule has 0 aliphatic carbocycles. The second-order valence-electron chi connectivity index (χ2n) is 7.40. The van der Waals surface area contributed by atoms with Gasteiger partial charge in [-0.2, -0.15) is 31.4 Å². The van der Waals surface area contributed by atoms with Gasteiger partial charge >= 0.3 is 18.3 Å². The number of hydrogen-bond donors (Lipinski definition) is 2. The van der Waals surface area contributed by atoms with E-state index < -0.39 is 58.7 Å². The van der Waals surface area contributed by atoms with Crippen molar-refractivity contribution >= 4 is 11.9 Å². The van der Waals surface area contributed by atoms with E-state index in [9.17, 15) is 35.9 Å². The standard InChI is InChI=1S/C22H17F6N3O4/c1-11(12-6-8-13(9-7-12)20(33)34)29-18(32)16-17(22(26,27)28)30-31(2)19(16)35-15-5-3-4-14(10-15)21(23,24)25/h3-11H,1-2H3,(H,29,32)(H,33,34)/t11-/m0/s1. The smallest absolute Gasteiger partial charge is 0.436 e. The number of carbonyl (C=O) groups excluding carboxylic acids is 1. The Balaban J connectivity index is 1.97. The van der Waals surface area contributed by atoms with Crippen molar-refractivity contribution in [2.24, 2.45) is 7.05 Å². The van der Waals surface area contributed by atoms with E-state index in [1.165, 1.54) is 31.2 Å². The van der Waals surface area contributed by atoms with Crippen LogP contribution in [0.1, 0.15) is 50.5 Å². The van der Waals surface area contributed by atoms with Crippen LogP contribution in [0, 0.1) is 0 Å². The first-order valence-electron chi connectivity index (χ1n) is 9.82. The lowest BCUT2D eigenvalue weighted by Crippen LogP contribution is -2.28. The van der Waals surface area contributed by atoms with E-state index >= 15 is 0 Å². The van der Waals surface area contributed by atoms with E-state index in [2.05, 4.69) is 10.4 Å². The third-order valence-corrected chi connectivity index (χ3v) is 4.87. The maximum atomic E-state index is 13.6. The normalized spacial score (nSPS) is 12.8. The van der Waals surface area contributed by atoms with Gasteiger partial charge in [-0.1, -0.05) is 18.2 Å². The van der Waals surface area contributed by atoms with E-state index in [1.54, 1.807) is 0 Å². The number of nitrogens with zero attached hydrogens (tertiary/aromatic N) is 2. The first-order valence-corrected chi connectivity index (χ1v) is 9.82. The van der Waals surface area contributed by atoms with Gasteiger partial charge in [-0.15, -0.1) is 0 Å². The number of carbonyl (C=O) groups is 2. The fraction of sp³-hybridized carbons (Fsp3) is 0.227. The molecule has 1 amide bonds. The lowest BCUT2D eigenvalue weighted by atomic mass is 10.1. The summed E-state index contributed by atoms with van der Waals surface area (Å²) < 4.78 is 85.8. The molecule has 7 nitrogen and oxygen atoms in total. The van der Waals surface area contributed by atoms with Gasteiger partial charge in [0, 0.05) is 7.05 Å². The highest BCUT2D eigenvalue weighted by Crippen LogP contribution is 2.38. The molecule has 1 aromatic heterocycles. The number of nitrogens with one attached hydrogen (secondary N) is 1. The summed E-state index contributed by atoms with van der Waals surface area (Å²) in [5, 5.41) is 14.6. The summed E-state index contributed by atoms with van der Waals surface area (Å²) in [5.41, 5.74) is -3.35. The van der Waals surface area contributed by atoms with E-state index in [0.29, 0.717) is 16.3 Å². The summed E-state index contributed by atoms with van der Waals surface area (Å²) in [5.74, 6) is -3.61. The first kappa shape index (κ1) is 25.6. The maximum Gasteiger partial charge on any atom is 0.436 e. The predicted molar refractivity (Wildman–Crippen MR) is 109 cm³/mol. The van der Waals surface area contributed by atoms with Crippen LogP contribution in [-0.2, 0) is 19.4 Å². The van der Waals surface area contributed by atoms with E-state index in [4.69, 9.17) is 9.84 Å². The molecule has 1 atom stereocenters. The number of carboxylic acid groups (broad SMARTS) is 1. The molecule has 0 aliphatic rings. The molecular formula is C22H17F6N3O4. The zero-order valence-corrected chi connectivity index (χ0v) is 18.0. The largest absolute Gasteiger partial charge is 0.478 e. The molecule has 0 saturated heterocycles. The van der Waals surface area contributed by atoms with Crippen molar-refractivity contribution in [2.75, 3.05) is 0 Å². The monoisotopic (exact) mass is 501 g/mol. The number of benzene rings is 2. The molecule has 2 aromatic carbocycles. The minimum atomic E-state index is -5.08. The summed E-state index contributed by atoms with van der Waals surface area (Å²) in [6.45, 7) is 1.45. The Kier molecular flexibility index (Phi) is 6.81. The quantitative estimate of drug-likeness (QED) is 0.439. The lowest BCUT2D eigenvalue weighted by molar-refractivity contribution is -0.141. The van der Waals surface area contributed by atoms with E-state index in [0.717, 1.165) is 25.2 Å². The minimum Gasteiger partial charge on any atom is -0.478 e. The molecule has 0 unspecified atom stereocenters. The topological polar surface area (TPSA) is 93.5 Å². The number of halogens is 6. The summed E-state index contributed by atoms with van der Waals surface area (Å²) in [6.07, 6.45) is -9.80. The first-order chi connectivity index (χ1) is 16.2. The number of aromatic carboxylic acids is 1. The Morgan fingerprint density at radius 2 is 1.66 bits per heavy atom. The van der Waals surface area contributed by atoms with Crippen molar-refractivity contribution < 1.29 is 45.8 Å². The molecule has 35 heavy (non-hydrogen) atoms. The minimum absolute atomic E-state index is 0.0318. The van der Waals surface area contributed by atoms with Gasteiger partial charge in [0.15, 0.2) is 5.69 Å². The highest BCUT2D eigenvalue weighted by Gasteiger charge is 2.42. The summed E-state index contributed by atoms with van der Waals surface area (Å²) >= 11 is 0. The Bertz CT molecular complexity index is 1250. The zero-order chi connectivity index (χ0) is 26.1. The van der Waals surface area contributed by atoms with Crippen LogP contribution in [0.4, 0.5) is 26.3 Å². The molecule has 0 aliphatic heterocycles. The van der Waals surface area contributed by atoms with Crippen LogP contribution in [0.25, 0.3) is 0 Å². The molecule has 0 fully saturated rings. The van der Waals surface area contributed by atoms with Crippen molar-refractivity contribution in [3.63, 3.8) is 0 Å². The Morgan fingerprint density at radius 1 is 1.03 bits per heavy atom. The average molecular weight is 501 g/mol. The molecule has 0 bridgehead atoms. The average Bonchev–Trinajstić information content (AvgIpc) is 3.10. The maximum absolute atomic E-state index is 13.6. The number of ether oxygens (including phenoxy) is 1. The third-order valence-electron chi connectivity index (χ3n) is 4.87. The summed E-state index contributed by atoms with van der Waals surface area (Å²) in [6, 6.07) is 7.82. The highest BCUT2D eigenvalue weighted by atomic mass is 19.4. The molecule has 0 saturated carbocycles. The predicted octanol–water partition coefficient (Wildman–Crippen LogP) is 5.44. The zero-order valence-electron chi connectivity index (χ0n) is 18.0. The number of alkyl halides is 6. The van der Waals surface area contributed by atoms with Gasteiger partial charge in [-0.05, 0) is 42.8 Å².